The maximum atomic E-state index is 13.7. The van der Waals surface area contributed by atoms with E-state index in [-0.39, 0.29) is 24.9 Å². The fraction of sp³-hybridized carbons (Fsp3) is 0.217. The van der Waals surface area contributed by atoms with Gasteiger partial charge in [-0.2, -0.15) is 5.10 Å². The van der Waals surface area contributed by atoms with Gasteiger partial charge in [0.2, 0.25) is 0 Å². The lowest BCUT2D eigenvalue weighted by molar-refractivity contribution is 0.0943. The zero-order chi connectivity index (χ0) is 22.1. The lowest BCUT2D eigenvalue weighted by Crippen LogP contribution is -2.27. The van der Waals surface area contributed by atoms with Crippen LogP contribution in [0.1, 0.15) is 32.2 Å². The summed E-state index contributed by atoms with van der Waals surface area (Å²) in [6.07, 6.45) is 0.572. The number of fused-ring (bicyclic) bond motifs is 1. The third kappa shape index (κ3) is 4.35. The van der Waals surface area contributed by atoms with Crippen LogP contribution in [-0.4, -0.2) is 33.9 Å². The molecule has 31 heavy (non-hydrogen) atoms. The number of nitrogens with zero attached hydrogens (tertiary/aromatic N) is 2. The van der Waals surface area contributed by atoms with Crippen molar-refractivity contribution >= 4 is 38.9 Å². The van der Waals surface area contributed by atoms with E-state index in [1.54, 1.807) is 29.0 Å². The number of hydrogen-bond donors (Lipinski definition) is 2. The van der Waals surface area contributed by atoms with Gasteiger partial charge >= 0.3 is 0 Å². The number of halogens is 2. The number of benzene rings is 2. The molecule has 1 amide bonds. The quantitative estimate of drug-likeness (QED) is 0.436. The van der Waals surface area contributed by atoms with Crippen LogP contribution < -0.4 is 5.32 Å². The SMILES string of the molecule is Cc1nn(-c2cccc3sc(Cc4cc(F)cc(Cl)c4)cc23)c(C)c1C(=O)NCCO. The molecule has 0 saturated carbocycles. The molecule has 4 aromatic rings. The molecule has 5 nitrogen and oxygen atoms in total. The van der Waals surface area contributed by atoms with E-state index in [2.05, 4.69) is 16.5 Å². The van der Waals surface area contributed by atoms with E-state index in [1.807, 2.05) is 25.1 Å². The summed E-state index contributed by atoms with van der Waals surface area (Å²) < 4.78 is 16.6. The molecule has 8 heteroatoms. The van der Waals surface area contributed by atoms with Gasteiger partial charge in [0.25, 0.3) is 5.91 Å². The van der Waals surface area contributed by atoms with Crippen LogP contribution in [0.15, 0.2) is 42.5 Å². The van der Waals surface area contributed by atoms with Gasteiger partial charge in [-0.15, -0.1) is 11.3 Å². The number of nitrogens with one attached hydrogen (secondary N) is 1. The molecule has 0 unspecified atom stereocenters. The molecule has 0 atom stereocenters. The number of carbonyl (C=O) groups is 1. The van der Waals surface area contributed by atoms with Crippen molar-refractivity contribution in [1.82, 2.24) is 15.1 Å². The zero-order valence-electron chi connectivity index (χ0n) is 17.1. The van der Waals surface area contributed by atoms with Crippen molar-refractivity contribution < 1.29 is 14.3 Å². The van der Waals surface area contributed by atoms with Gasteiger partial charge in [0, 0.05) is 33.0 Å². The smallest absolute Gasteiger partial charge is 0.255 e. The van der Waals surface area contributed by atoms with Gasteiger partial charge < -0.3 is 10.4 Å². The van der Waals surface area contributed by atoms with Crippen LogP contribution in [0.2, 0.25) is 5.02 Å². The Balaban J connectivity index is 1.73. The van der Waals surface area contributed by atoms with E-state index in [9.17, 15) is 9.18 Å². The number of carbonyl (C=O) groups excluding carboxylic acids is 1. The van der Waals surface area contributed by atoms with Crippen molar-refractivity contribution in [3.05, 3.63) is 80.7 Å². The Kier molecular flexibility index (Phi) is 6.09. The van der Waals surface area contributed by atoms with E-state index in [0.29, 0.717) is 22.7 Å². The van der Waals surface area contributed by atoms with Crippen molar-refractivity contribution in [2.24, 2.45) is 0 Å². The predicted molar refractivity (Wildman–Crippen MR) is 122 cm³/mol. The van der Waals surface area contributed by atoms with Gasteiger partial charge in [0.1, 0.15) is 5.82 Å². The maximum Gasteiger partial charge on any atom is 0.255 e. The minimum absolute atomic E-state index is 0.120. The molecule has 0 saturated heterocycles. The monoisotopic (exact) mass is 457 g/mol. The highest BCUT2D eigenvalue weighted by molar-refractivity contribution is 7.19. The Morgan fingerprint density at radius 1 is 1.26 bits per heavy atom. The Morgan fingerprint density at radius 2 is 2.06 bits per heavy atom. The molecule has 0 fully saturated rings. The van der Waals surface area contributed by atoms with Gasteiger partial charge in [0.05, 0.1) is 29.2 Å². The standard InChI is InChI=1S/C23H21ClFN3O2S/c1-13-22(23(30)26-6-7-29)14(2)28(27-13)20-4-3-5-21-19(20)12-18(31-21)10-15-8-16(24)11-17(25)9-15/h3-5,8-9,11-12,29H,6-7,10H2,1-2H3,(H,26,30). The molecule has 0 bridgehead atoms. The normalized spacial score (nSPS) is 11.3. The molecule has 0 aliphatic rings. The summed E-state index contributed by atoms with van der Waals surface area (Å²) >= 11 is 7.63. The molecule has 0 radical (unpaired) electrons. The lowest BCUT2D eigenvalue weighted by Gasteiger charge is -2.07. The van der Waals surface area contributed by atoms with Crippen LogP contribution in [0.5, 0.6) is 0 Å². The number of aliphatic hydroxyl groups excluding tert-OH is 1. The molecule has 160 valence electrons. The largest absolute Gasteiger partial charge is 0.395 e. The summed E-state index contributed by atoms with van der Waals surface area (Å²) in [5.74, 6) is -0.601. The number of thiophene rings is 1. The van der Waals surface area contributed by atoms with Gasteiger partial charge in [-0.05, 0) is 55.8 Å². The predicted octanol–water partition coefficient (Wildman–Crippen LogP) is 4.81. The van der Waals surface area contributed by atoms with Crippen molar-refractivity contribution in [2.45, 2.75) is 20.3 Å². The van der Waals surface area contributed by atoms with E-state index in [4.69, 9.17) is 16.7 Å². The molecule has 4 rings (SSSR count). The van der Waals surface area contributed by atoms with E-state index < -0.39 is 0 Å². The third-order valence-electron chi connectivity index (χ3n) is 5.03. The summed E-state index contributed by atoms with van der Waals surface area (Å²) in [5, 5.41) is 17.7. The fourth-order valence-corrected chi connectivity index (χ4v) is 5.11. The first-order valence-electron chi connectivity index (χ1n) is 9.79. The third-order valence-corrected chi connectivity index (χ3v) is 6.35. The first kappa shape index (κ1) is 21.5. The zero-order valence-corrected chi connectivity index (χ0v) is 18.6. The number of aliphatic hydroxyl groups is 1. The van der Waals surface area contributed by atoms with E-state index >= 15 is 0 Å². The Labute approximate surface area is 188 Å². The second-order valence-electron chi connectivity index (χ2n) is 7.29. The maximum absolute atomic E-state index is 13.7. The van der Waals surface area contributed by atoms with E-state index in [0.717, 1.165) is 31.9 Å². The number of aryl methyl sites for hydroxylation is 1. The topological polar surface area (TPSA) is 67.2 Å². The summed E-state index contributed by atoms with van der Waals surface area (Å²) in [6, 6.07) is 12.6. The molecule has 0 spiro atoms. The van der Waals surface area contributed by atoms with Crippen LogP contribution in [0.25, 0.3) is 15.8 Å². The second kappa shape index (κ2) is 8.78. The number of aromatic nitrogens is 2. The number of hydrogen-bond acceptors (Lipinski definition) is 4. The first-order chi connectivity index (χ1) is 14.9. The highest BCUT2D eigenvalue weighted by atomic mass is 35.5. The summed E-state index contributed by atoms with van der Waals surface area (Å²) in [6.45, 7) is 3.72. The van der Waals surface area contributed by atoms with Crippen LogP contribution in [0.4, 0.5) is 4.39 Å². The van der Waals surface area contributed by atoms with Crippen molar-refractivity contribution in [3.63, 3.8) is 0 Å². The highest BCUT2D eigenvalue weighted by Crippen LogP contribution is 2.33. The molecular formula is C23H21ClFN3O2S. The molecule has 2 aromatic carbocycles. The molecule has 0 aliphatic heterocycles. The van der Waals surface area contributed by atoms with Gasteiger partial charge in [-0.25, -0.2) is 9.07 Å². The van der Waals surface area contributed by atoms with E-state index in [1.165, 1.54) is 12.1 Å². The van der Waals surface area contributed by atoms with Crippen LogP contribution in [-0.2, 0) is 6.42 Å². The van der Waals surface area contributed by atoms with Gasteiger partial charge in [-0.3, -0.25) is 4.79 Å². The fourth-order valence-electron chi connectivity index (χ4n) is 3.75. The average molecular weight is 458 g/mol. The lowest BCUT2D eigenvalue weighted by atomic mass is 10.1. The van der Waals surface area contributed by atoms with Crippen molar-refractivity contribution in [2.75, 3.05) is 13.2 Å². The first-order valence-corrected chi connectivity index (χ1v) is 11.0. The molecule has 2 heterocycles. The summed E-state index contributed by atoms with van der Waals surface area (Å²) in [7, 11) is 0. The molecule has 2 N–H and O–H groups in total. The average Bonchev–Trinajstić information content (AvgIpc) is 3.24. The summed E-state index contributed by atoms with van der Waals surface area (Å²) in [5.41, 5.74) is 3.54. The second-order valence-corrected chi connectivity index (χ2v) is 8.90. The van der Waals surface area contributed by atoms with Crippen LogP contribution in [0, 0.1) is 19.7 Å². The summed E-state index contributed by atoms with van der Waals surface area (Å²) in [4.78, 5) is 13.6. The Bertz CT molecular complexity index is 1260. The molecule has 2 aromatic heterocycles. The minimum atomic E-state index is -0.348. The highest BCUT2D eigenvalue weighted by Gasteiger charge is 2.20. The molecule has 0 aliphatic carbocycles. The van der Waals surface area contributed by atoms with Crippen molar-refractivity contribution in [3.8, 4) is 5.69 Å². The van der Waals surface area contributed by atoms with Crippen LogP contribution in [0.3, 0.4) is 0 Å². The van der Waals surface area contributed by atoms with Crippen molar-refractivity contribution in [1.29, 1.82) is 0 Å². The number of amides is 1. The Morgan fingerprint density at radius 3 is 2.81 bits per heavy atom. The van der Waals surface area contributed by atoms with Crippen LogP contribution >= 0.6 is 22.9 Å². The minimum Gasteiger partial charge on any atom is -0.395 e. The number of rotatable bonds is 6. The molecular weight excluding hydrogens is 437 g/mol. The van der Waals surface area contributed by atoms with Gasteiger partial charge in [0.15, 0.2) is 0 Å². The van der Waals surface area contributed by atoms with Gasteiger partial charge in [-0.1, -0.05) is 17.7 Å². The Hall–Kier alpha value is -2.74.